The fourth-order valence-electron chi connectivity index (χ4n) is 3.75. The average molecular weight is 416 g/mol. The number of methoxy groups -OCH3 is 1. The Labute approximate surface area is 175 Å². The van der Waals surface area contributed by atoms with Gasteiger partial charge in [-0.05, 0) is 37.6 Å². The first-order valence-corrected chi connectivity index (χ1v) is 10.3. The first-order valence-electron chi connectivity index (χ1n) is 10.3. The fourth-order valence-corrected chi connectivity index (χ4v) is 3.75. The van der Waals surface area contributed by atoms with Gasteiger partial charge in [0.2, 0.25) is 5.91 Å². The Kier molecular flexibility index (Phi) is 7.40. The lowest BCUT2D eigenvalue weighted by Gasteiger charge is -2.35. The van der Waals surface area contributed by atoms with Gasteiger partial charge in [0.15, 0.2) is 0 Å². The van der Waals surface area contributed by atoms with E-state index < -0.39 is 6.03 Å². The molecule has 2 aliphatic rings. The Bertz CT molecular complexity index is 805. The van der Waals surface area contributed by atoms with Crippen molar-refractivity contribution < 1.29 is 23.9 Å². The Morgan fingerprint density at radius 2 is 1.90 bits per heavy atom. The van der Waals surface area contributed by atoms with Crippen LogP contribution in [0.25, 0.3) is 0 Å². The van der Waals surface area contributed by atoms with Gasteiger partial charge in [-0.3, -0.25) is 24.7 Å². The summed E-state index contributed by atoms with van der Waals surface area (Å²) in [4.78, 5) is 52.7. The molecule has 0 saturated carbocycles. The minimum atomic E-state index is -0.516. The summed E-state index contributed by atoms with van der Waals surface area (Å²) in [5.41, 5.74) is 0.956. The number of urea groups is 1. The quantitative estimate of drug-likeness (QED) is 0.506. The minimum absolute atomic E-state index is 0.0898. The summed E-state index contributed by atoms with van der Waals surface area (Å²) in [6.07, 6.45) is 3.62. The molecule has 0 atom stereocenters. The zero-order chi connectivity index (χ0) is 21.5. The average Bonchev–Trinajstić information content (AvgIpc) is 2.76. The van der Waals surface area contributed by atoms with Crippen molar-refractivity contribution in [3.05, 3.63) is 23.8 Å². The van der Waals surface area contributed by atoms with Gasteiger partial charge < -0.3 is 14.4 Å². The number of carbonyl (C=O) groups is 4. The van der Waals surface area contributed by atoms with Crippen molar-refractivity contribution in [2.45, 2.75) is 25.7 Å². The highest BCUT2D eigenvalue weighted by molar-refractivity contribution is 6.07. The van der Waals surface area contributed by atoms with Gasteiger partial charge in [-0.2, -0.15) is 0 Å². The number of nitrogens with one attached hydrogen (secondary N) is 1. The Morgan fingerprint density at radius 1 is 1.13 bits per heavy atom. The maximum Gasteiger partial charge on any atom is 0.328 e. The molecule has 1 N–H and O–H groups in total. The molecule has 9 heteroatoms. The summed E-state index contributed by atoms with van der Waals surface area (Å²) < 4.78 is 5.36. The molecule has 0 aromatic heterocycles. The van der Waals surface area contributed by atoms with Gasteiger partial charge in [0.25, 0.3) is 5.91 Å². The first kappa shape index (κ1) is 21.8. The molecule has 2 fully saturated rings. The van der Waals surface area contributed by atoms with E-state index in [1.807, 2.05) is 4.90 Å². The van der Waals surface area contributed by atoms with Crippen LogP contribution in [0.2, 0.25) is 0 Å². The molecule has 4 amide bonds. The molecule has 3 rings (SSSR count). The van der Waals surface area contributed by atoms with Crippen LogP contribution in [0, 0.1) is 0 Å². The van der Waals surface area contributed by atoms with Crippen LogP contribution in [0.1, 0.15) is 36.0 Å². The van der Waals surface area contributed by atoms with Crippen molar-refractivity contribution in [2.24, 2.45) is 0 Å². The molecule has 2 heterocycles. The largest absolute Gasteiger partial charge is 0.495 e. The van der Waals surface area contributed by atoms with Gasteiger partial charge in [0.05, 0.1) is 12.8 Å². The van der Waals surface area contributed by atoms with Crippen LogP contribution in [0.3, 0.4) is 0 Å². The molecule has 0 radical (unpaired) electrons. The molecule has 0 bridgehead atoms. The van der Waals surface area contributed by atoms with Crippen molar-refractivity contribution in [3.63, 3.8) is 0 Å². The van der Waals surface area contributed by atoms with E-state index in [4.69, 9.17) is 4.74 Å². The summed E-state index contributed by atoms with van der Waals surface area (Å²) in [7, 11) is 1.50. The van der Waals surface area contributed by atoms with Crippen LogP contribution >= 0.6 is 0 Å². The summed E-state index contributed by atoms with van der Waals surface area (Å²) in [5.74, 6) is 0.0654. The van der Waals surface area contributed by atoms with Gasteiger partial charge in [-0.25, -0.2) is 4.79 Å². The maximum atomic E-state index is 13.0. The maximum absolute atomic E-state index is 13.0. The van der Waals surface area contributed by atoms with E-state index in [0.717, 1.165) is 38.8 Å². The van der Waals surface area contributed by atoms with Gasteiger partial charge in [-0.1, -0.05) is 0 Å². The predicted molar refractivity (Wildman–Crippen MR) is 111 cm³/mol. The van der Waals surface area contributed by atoms with Gasteiger partial charge >= 0.3 is 6.03 Å². The normalized spacial score (nSPS) is 17.6. The van der Waals surface area contributed by atoms with E-state index in [2.05, 4.69) is 10.2 Å². The zero-order valence-electron chi connectivity index (χ0n) is 17.3. The van der Waals surface area contributed by atoms with E-state index in [0.29, 0.717) is 36.5 Å². The number of ether oxygens (including phenoxy) is 1. The van der Waals surface area contributed by atoms with Crippen LogP contribution in [-0.4, -0.2) is 80.3 Å². The highest BCUT2D eigenvalue weighted by Crippen LogP contribution is 2.31. The van der Waals surface area contributed by atoms with Crippen molar-refractivity contribution in [2.75, 3.05) is 51.3 Å². The number of anilines is 1. The second-order valence-electron chi connectivity index (χ2n) is 7.44. The van der Waals surface area contributed by atoms with Crippen LogP contribution in [0.5, 0.6) is 5.75 Å². The molecule has 1 aromatic rings. The summed E-state index contributed by atoms with van der Waals surface area (Å²) in [6, 6.07) is 4.51. The lowest BCUT2D eigenvalue weighted by atomic mass is 10.1. The molecule has 30 heavy (non-hydrogen) atoms. The molecule has 0 unspecified atom stereocenters. The standard InChI is InChI=1S/C21H28N4O5/c1-30-18-6-5-16(15-17(18)25-9-7-19(27)22-21(25)29)20(28)24-12-10-23(11-13-24)8-3-2-4-14-26/h5-6,14-15H,2-4,7-13H2,1H3,(H,22,27,29). The highest BCUT2D eigenvalue weighted by atomic mass is 16.5. The Balaban J connectivity index is 1.65. The molecule has 9 nitrogen and oxygen atoms in total. The fraction of sp³-hybridized carbons (Fsp3) is 0.524. The van der Waals surface area contributed by atoms with Crippen molar-refractivity contribution in [1.29, 1.82) is 0 Å². The number of imide groups is 1. The topological polar surface area (TPSA) is 99.3 Å². The Hall–Kier alpha value is -2.94. The van der Waals surface area contributed by atoms with Crippen LogP contribution < -0.4 is 15.0 Å². The number of carbonyl (C=O) groups excluding carboxylic acids is 4. The number of nitrogens with zero attached hydrogens (tertiary/aromatic N) is 3. The second-order valence-corrected chi connectivity index (χ2v) is 7.44. The van der Waals surface area contributed by atoms with Gasteiger partial charge in [0.1, 0.15) is 12.0 Å². The minimum Gasteiger partial charge on any atom is -0.495 e. The molecule has 2 saturated heterocycles. The zero-order valence-corrected chi connectivity index (χ0v) is 17.3. The lowest BCUT2D eigenvalue weighted by Crippen LogP contribution is -2.50. The van der Waals surface area contributed by atoms with Gasteiger partial charge in [0, 0.05) is 51.1 Å². The molecule has 162 valence electrons. The monoisotopic (exact) mass is 416 g/mol. The van der Waals surface area contributed by atoms with E-state index in [-0.39, 0.29) is 24.8 Å². The van der Waals surface area contributed by atoms with Gasteiger partial charge in [-0.15, -0.1) is 0 Å². The molecular weight excluding hydrogens is 388 g/mol. The number of piperazine rings is 1. The number of hydrogen-bond donors (Lipinski definition) is 1. The molecular formula is C21H28N4O5. The number of benzene rings is 1. The SMILES string of the molecule is COc1ccc(C(=O)N2CCN(CCCCC=O)CC2)cc1N1CCC(=O)NC1=O. The van der Waals surface area contributed by atoms with E-state index in [1.54, 1.807) is 18.2 Å². The van der Waals surface area contributed by atoms with Crippen LogP contribution in [0.4, 0.5) is 10.5 Å². The van der Waals surface area contributed by atoms with Crippen molar-refractivity contribution in [3.8, 4) is 5.75 Å². The van der Waals surface area contributed by atoms with Crippen molar-refractivity contribution in [1.82, 2.24) is 15.1 Å². The van der Waals surface area contributed by atoms with Crippen LogP contribution in [0.15, 0.2) is 18.2 Å². The lowest BCUT2D eigenvalue weighted by molar-refractivity contribution is -0.120. The van der Waals surface area contributed by atoms with E-state index in [9.17, 15) is 19.2 Å². The first-order chi connectivity index (χ1) is 14.5. The Morgan fingerprint density at radius 3 is 2.57 bits per heavy atom. The third-order valence-electron chi connectivity index (χ3n) is 5.48. The number of amides is 4. The summed E-state index contributed by atoms with van der Waals surface area (Å²) >= 11 is 0. The smallest absolute Gasteiger partial charge is 0.328 e. The predicted octanol–water partition coefficient (Wildman–Crippen LogP) is 1.27. The van der Waals surface area contributed by atoms with E-state index in [1.165, 1.54) is 12.0 Å². The third-order valence-corrected chi connectivity index (χ3v) is 5.48. The summed E-state index contributed by atoms with van der Waals surface area (Å²) in [5, 5.41) is 2.29. The molecule has 0 aliphatic carbocycles. The third kappa shape index (κ3) is 5.15. The highest BCUT2D eigenvalue weighted by Gasteiger charge is 2.28. The van der Waals surface area contributed by atoms with Crippen LogP contribution in [-0.2, 0) is 9.59 Å². The second kappa shape index (κ2) is 10.2. The number of hydrogen-bond acceptors (Lipinski definition) is 6. The number of aldehydes is 1. The number of unbranched alkanes of at least 4 members (excludes halogenated alkanes) is 2. The van der Waals surface area contributed by atoms with Crippen molar-refractivity contribution >= 4 is 29.8 Å². The molecule has 2 aliphatic heterocycles. The number of rotatable bonds is 8. The molecule has 1 aromatic carbocycles. The molecule has 0 spiro atoms. The van der Waals surface area contributed by atoms with E-state index >= 15 is 0 Å². The summed E-state index contributed by atoms with van der Waals surface area (Å²) in [6.45, 7) is 4.03.